The number of rotatable bonds is 7. The molecule has 1 heteroatoms. The first kappa shape index (κ1) is 15.6. The molecular weight excluding hydrogens is 242 g/mol. The number of aryl methyl sites for hydroxylation is 2. The first-order valence-corrected chi connectivity index (χ1v) is 8.38. The molecule has 0 fully saturated rings. The van der Waals surface area contributed by atoms with Gasteiger partial charge in [0.2, 0.25) is 0 Å². The van der Waals surface area contributed by atoms with E-state index in [0.717, 1.165) is 18.4 Å². The van der Waals surface area contributed by atoms with Crippen molar-refractivity contribution in [1.82, 2.24) is 5.32 Å². The van der Waals surface area contributed by atoms with Crippen molar-refractivity contribution < 1.29 is 0 Å². The summed E-state index contributed by atoms with van der Waals surface area (Å²) in [5, 5.41) is 3.62. The zero-order valence-corrected chi connectivity index (χ0v) is 13.7. The summed E-state index contributed by atoms with van der Waals surface area (Å²) in [5.41, 5.74) is 4.75. The summed E-state index contributed by atoms with van der Waals surface area (Å²) in [4.78, 5) is 0. The second kappa shape index (κ2) is 7.26. The Labute approximate surface area is 125 Å². The minimum absolute atomic E-state index is 0.588. The van der Waals surface area contributed by atoms with Crippen LogP contribution in [0.4, 0.5) is 0 Å². The minimum atomic E-state index is 0.588. The van der Waals surface area contributed by atoms with Gasteiger partial charge in [0.05, 0.1) is 0 Å². The maximum atomic E-state index is 3.62. The Bertz CT molecular complexity index is 420. The first-order valence-electron chi connectivity index (χ1n) is 8.38. The quantitative estimate of drug-likeness (QED) is 0.777. The molecule has 1 aliphatic rings. The summed E-state index contributed by atoms with van der Waals surface area (Å²) in [5.74, 6) is 1.54. The van der Waals surface area contributed by atoms with Gasteiger partial charge < -0.3 is 5.32 Å². The van der Waals surface area contributed by atoms with E-state index >= 15 is 0 Å². The average Bonchev–Trinajstić information content (AvgIpc) is 2.82. The van der Waals surface area contributed by atoms with Crippen LogP contribution < -0.4 is 5.32 Å². The van der Waals surface area contributed by atoms with Gasteiger partial charge in [-0.05, 0) is 67.2 Å². The van der Waals surface area contributed by atoms with Gasteiger partial charge in [-0.25, -0.2) is 0 Å². The molecule has 2 rings (SSSR count). The van der Waals surface area contributed by atoms with E-state index in [9.17, 15) is 0 Å². The average molecular weight is 273 g/mol. The van der Waals surface area contributed by atoms with E-state index in [1.54, 1.807) is 16.7 Å². The molecule has 1 nitrogen and oxygen atoms in total. The molecule has 1 atom stereocenters. The lowest BCUT2D eigenvalue weighted by atomic mass is 9.90. The molecule has 0 radical (unpaired) electrons. The fraction of sp³-hybridized carbons (Fsp3) is 0.684. The second-order valence-corrected chi connectivity index (χ2v) is 7.22. The van der Waals surface area contributed by atoms with Crippen LogP contribution in [0.25, 0.3) is 0 Å². The van der Waals surface area contributed by atoms with Crippen LogP contribution in [0.3, 0.4) is 0 Å². The standard InChI is InChI=1S/C19H31N/c1-14(2)10-17(13-20-15(3)4)11-16-8-9-18-6-5-7-19(18)12-16/h8-9,12,14-15,17,20H,5-7,10-11,13H2,1-4H3. The third-order valence-corrected chi connectivity index (χ3v) is 4.31. The normalized spacial score (nSPS) is 15.9. The molecule has 0 bridgehead atoms. The fourth-order valence-electron chi connectivity index (χ4n) is 3.39. The largest absolute Gasteiger partial charge is 0.314 e. The summed E-state index contributed by atoms with van der Waals surface area (Å²) in [6.45, 7) is 10.3. The molecule has 0 aliphatic heterocycles. The highest BCUT2D eigenvalue weighted by Gasteiger charge is 2.15. The number of hydrogen-bond donors (Lipinski definition) is 1. The van der Waals surface area contributed by atoms with Gasteiger partial charge in [0, 0.05) is 6.04 Å². The summed E-state index contributed by atoms with van der Waals surface area (Å²) < 4.78 is 0. The van der Waals surface area contributed by atoms with Crippen molar-refractivity contribution in [2.24, 2.45) is 11.8 Å². The molecule has 0 saturated carbocycles. The fourth-order valence-corrected chi connectivity index (χ4v) is 3.39. The zero-order chi connectivity index (χ0) is 14.5. The molecule has 0 amide bonds. The number of hydrogen-bond acceptors (Lipinski definition) is 1. The molecular formula is C19H31N. The van der Waals surface area contributed by atoms with E-state index in [4.69, 9.17) is 0 Å². The molecule has 1 aromatic carbocycles. The molecule has 0 spiro atoms. The van der Waals surface area contributed by atoms with E-state index in [1.807, 2.05) is 0 Å². The highest BCUT2D eigenvalue weighted by molar-refractivity contribution is 5.35. The molecule has 0 saturated heterocycles. The van der Waals surface area contributed by atoms with Gasteiger partial charge >= 0.3 is 0 Å². The van der Waals surface area contributed by atoms with Gasteiger partial charge in [0.25, 0.3) is 0 Å². The van der Waals surface area contributed by atoms with Gasteiger partial charge in [0.1, 0.15) is 0 Å². The van der Waals surface area contributed by atoms with Gasteiger partial charge in [-0.15, -0.1) is 0 Å². The predicted octanol–water partition coefficient (Wildman–Crippen LogP) is 4.38. The van der Waals surface area contributed by atoms with Crippen molar-refractivity contribution >= 4 is 0 Å². The summed E-state index contributed by atoms with van der Waals surface area (Å²) >= 11 is 0. The van der Waals surface area contributed by atoms with Crippen molar-refractivity contribution in [1.29, 1.82) is 0 Å². The Morgan fingerprint density at radius 1 is 1.05 bits per heavy atom. The van der Waals surface area contributed by atoms with E-state index < -0.39 is 0 Å². The summed E-state index contributed by atoms with van der Waals surface area (Å²) in [6.07, 6.45) is 6.48. The maximum Gasteiger partial charge on any atom is 0.00104 e. The van der Waals surface area contributed by atoms with E-state index in [0.29, 0.717) is 6.04 Å². The van der Waals surface area contributed by atoms with Crippen LogP contribution in [0, 0.1) is 11.8 Å². The summed E-state index contributed by atoms with van der Waals surface area (Å²) in [7, 11) is 0. The second-order valence-electron chi connectivity index (χ2n) is 7.22. The molecule has 0 aromatic heterocycles. The number of fused-ring (bicyclic) bond motifs is 1. The molecule has 112 valence electrons. The number of nitrogens with one attached hydrogen (secondary N) is 1. The lowest BCUT2D eigenvalue weighted by Crippen LogP contribution is -2.30. The molecule has 1 unspecified atom stereocenters. The smallest absolute Gasteiger partial charge is 0.00104 e. The number of benzene rings is 1. The van der Waals surface area contributed by atoms with Crippen LogP contribution in [0.5, 0.6) is 0 Å². The van der Waals surface area contributed by atoms with Crippen LogP contribution in [0.2, 0.25) is 0 Å². The molecule has 0 heterocycles. The van der Waals surface area contributed by atoms with Gasteiger partial charge in [-0.1, -0.05) is 45.9 Å². The Morgan fingerprint density at radius 3 is 2.50 bits per heavy atom. The van der Waals surface area contributed by atoms with E-state index in [-0.39, 0.29) is 0 Å². The third kappa shape index (κ3) is 4.63. The van der Waals surface area contributed by atoms with Gasteiger partial charge in [-0.2, -0.15) is 0 Å². The van der Waals surface area contributed by atoms with Crippen molar-refractivity contribution in [2.45, 2.75) is 65.8 Å². The Balaban J connectivity index is 1.98. The SMILES string of the molecule is CC(C)CC(CNC(C)C)Cc1ccc2c(c1)CCC2. The molecule has 1 N–H and O–H groups in total. The first-order chi connectivity index (χ1) is 9.54. The Hall–Kier alpha value is -0.820. The van der Waals surface area contributed by atoms with E-state index in [1.165, 1.54) is 32.1 Å². The maximum absolute atomic E-state index is 3.62. The lowest BCUT2D eigenvalue weighted by Gasteiger charge is -2.21. The van der Waals surface area contributed by atoms with Gasteiger partial charge in [0.15, 0.2) is 0 Å². The Kier molecular flexibility index (Phi) is 5.65. The van der Waals surface area contributed by atoms with Crippen molar-refractivity contribution in [3.63, 3.8) is 0 Å². The van der Waals surface area contributed by atoms with Gasteiger partial charge in [-0.3, -0.25) is 0 Å². The van der Waals surface area contributed by atoms with Crippen molar-refractivity contribution in [2.75, 3.05) is 6.54 Å². The highest BCUT2D eigenvalue weighted by atomic mass is 14.9. The topological polar surface area (TPSA) is 12.0 Å². The van der Waals surface area contributed by atoms with Crippen LogP contribution >= 0.6 is 0 Å². The van der Waals surface area contributed by atoms with E-state index in [2.05, 4.69) is 51.2 Å². The van der Waals surface area contributed by atoms with Crippen molar-refractivity contribution in [3.05, 3.63) is 34.9 Å². The molecule has 1 aliphatic carbocycles. The molecule has 1 aromatic rings. The predicted molar refractivity (Wildman–Crippen MR) is 88.3 cm³/mol. The highest BCUT2D eigenvalue weighted by Crippen LogP contribution is 2.25. The van der Waals surface area contributed by atoms with Crippen LogP contribution in [-0.4, -0.2) is 12.6 Å². The lowest BCUT2D eigenvalue weighted by molar-refractivity contribution is 0.373. The van der Waals surface area contributed by atoms with Crippen LogP contribution in [0.1, 0.15) is 57.2 Å². The minimum Gasteiger partial charge on any atom is -0.314 e. The zero-order valence-electron chi connectivity index (χ0n) is 13.7. The van der Waals surface area contributed by atoms with Crippen LogP contribution in [0.15, 0.2) is 18.2 Å². The Morgan fingerprint density at radius 2 is 1.80 bits per heavy atom. The summed E-state index contributed by atoms with van der Waals surface area (Å²) in [6, 6.07) is 7.81. The third-order valence-electron chi connectivity index (χ3n) is 4.31. The van der Waals surface area contributed by atoms with Crippen molar-refractivity contribution in [3.8, 4) is 0 Å². The monoisotopic (exact) mass is 273 g/mol. The van der Waals surface area contributed by atoms with Crippen LogP contribution in [-0.2, 0) is 19.3 Å². The molecule has 20 heavy (non-hydrogen) atoms.